The van der Waals surface area contributed by atoms with Crippen LogP contribution in [0.5, 0.6) is 0 Å². The standard InChI is InChI=1S/C19H27FN4O2/c1-5-6-16-23-17(14-7-9-15(20)10-8-14)18(19(25)21-4)24(16)26-12-22-11-13(2)3/h7-10,13,22H,5-6,11-12H2,1-4H3,(H,21,25). The van der Waals surface area contributed by atoms with Gasteiger partial charge in [-0.25, -0.2) is 9.37 Å². The van der Waals surface area contributed by atoms with Gasteiger partial charge in [-0.3, -0.25) is 10.1 Å². The minimum atomic E-state index is -0.336. The maximum atomic E-state index is 13.3. The molecular formula is C19H27FN4O2. The van der Waals surface area contributed by atoms with Crippen molar-refractivity contribution in [2.75, 3.05) is 20.3 Å². The molecule has 6 nitrogen and oxygen atoms in total. The Hall–Kier alpha value is -2.41. The Bertz CT molecular complexity index is 726. The molecule has 2 rings (SSSR count). The van der Waals surface area contributed by atoms with Crippen LogP contribution in [0.2, 0.25) is 0 Å². The van der Waals surface area contributed by atoms with E-state index in [0.29, 0.717) is 35.1 Å². The highest BCUT2D eigenvalue weighted by molar-refractivity contribution is 5.98. The Morgan fingerprint density at radius 3 is 2.58 bits per heavy atom. The van der Waals surface area contributed by atoms with Gasteiger partial charge in [0.2, 0.25) is 0 Å². The number of hydrogen-bond acceptors (Lipinski definition) is 4. The molecule has 0 aliphatic carbocycles. The van der Waals surface area contributed by atoms with Crippen molar-refractivity contribution in [1.29, 1.82) is 0 Å². The van der Waals surface area contributed by atoms with Crippen LogP contribution in [-0.4, -0.2) is 35.9 Å². The minimum absolute atomic E-state index is 0.262. The summed E-state index contributed by atoms with van der Waals surface area (Å²) in [5.74, 6) is 0.516. The summed E-state index contributed by atoms with van der Waals surface area (Å²) in [4.78, 5) is 22.9. The lowest BCUT2D eigenvalue weighted by atomic mass is 10.1. The number of amides is 1. The zero-order chi connectivity index (χ0) is 19.1. The molecular weight excluding hydrogens is 335 g/mol. The van der Waals surface area contributed by atoms with E-state index in [1.807, 2.05) is 6.92 Å². The van der Waals surface area contributed by atoms with Gasteiger partial charge in [0.25, 0.3) is 5.91 Å². The second-order valence-corrected chi connectivity index (χ2v) is 6.48. The fourth-order valence-corrected chi connectivity index (χ4v) is 2.56. The first kappa shape index (κ1) is 19.9. The van der Waals surface area contributed by atoms with Gasteiger partial charge in [-0.05, 0) is 36.6 Å². The highest BCUT2D eigenvalue weighted by Crippen LogP contribution is 2.25. The molecule has 2 aromatic rings. The van der Waals surface area contributed by atoms with E-state index in [9.17, 15) is 9.18 Å². The van der Waals surface area contributed by atoms with Gasteiger partial charge in [-0.15, -0.1) is 0 Å². The van der Waals surface area contributed by atoms with Gasteiger partial charge in [-0.1, -0.05) is 20.8 Å². The average Bonchev–Trinajstić information content (AvgIpc) is 2.97. The Balaban J connectivity index is 2.42. The molecule has 1 amide bonds. The number of hydrogen-bond donors (Lipinski definition) is 2. The van der Waals surface area contributed by atoms with Crippen molar-refractivity contribution in [1.82, 2.24) is 20.3 Å². The second kappa shape index (κ2) is 9.33. The lowest BCUT2D eigenvalue weighted by molar-refractivity contribution is 0.0714. The average molecular weight is 362 g/mol. The van der Waals surface area contributed by atoms with Crippen molar-refractivity contribution in [2.45, 2.75) is 33.6 Å². The largest absolute Gasteiger partial charge is 0.396 e. The van der Waals surface area contributed by atoms with E-state index in [-0.39, 0.29) is 18.5 Å². The molecule has 0 unspecified atom stereocenters. The van der Waals surface area contributed by atoms with E-state index in [1.165, 1.54) is 16.9 Å². The number of imidazole rings is 1. The fraction of sp³-hybridized carbons (Fsp3) is 0.474. The summed E-state index contributed by atoms with van der Waals surface area (Å²) in [6, 6.07) is 5.93. The number of halogens is 1. The molecule has 26 heavy (non-hydrogen) atoms. The highest BCUT2D eigenvalue weighted by Gasteiger charge is 2.24. The van der Waals surface area contributed by atoms with Crippen LogP contribution in [0.15, 0.2) is 24.3 Å². The molecule has 0 atom stereocenters. The van der Waals surface area contributed by atoms with E-state index < -0.39 is 0 Å². The Kier molecular flexibility index (Phi) is 7.15. The van der Waals surface area contributed by atoms with Crippen molar-refractivity contribution < 1.29 is 14.0 Å². The number of carbonyl (C=O) groups is 1. The van der Waals surface area contributed by atoms with Crippen molar-refractivity contribution in [3.8, 4) is 11.3 Å². The normalized spacial score (nSPS) is 11.0. The smallest absolute Gasteiger partial charge is 0.273 e. The van der Waals surface area contributed by atoms with Crippen LogP contribution in [0.4, 0.5) is 4.39 Å². The Morgan fingerprint density at radius 2 is 2.00 bits per heavy atom. The number of carbonyl (C=O) groups excluding carboxylic acids is 1. The number of aryl methyl sites for hydroxylation is 1. The van der Waals surface area contributed by atoms with E-state index in [2.05, 4.69) is 29.5 Å². The number of rotatable bonds is 9. The molecule has 1 heterocycles. The number of nitrogens with one attached hydrogen (secondary N) is 2. The van der Waals surface area contributed by atoms with Crippen LogP contribution in [0.1, 0.15) is 43.5 Å². The summed E-state index contributed by atoms with van der Waals surface area (Å²) in [6.45, 7) is 7.31. The van der Waals surface area contributed by atoms with E-state index >= 15 is 0 Å². The predicted molar refractivity (Wildman–Crippen MR) is 99.3 cm³/mol. The van der Waals surface area contributed by atoms with Crippen molar-refractivity contribution >= 4 is 5.91 Å². The lowest BCUT2D eigenvalue weighted by Gasteiger charge is -2.14. The summed E-state index contributed by atoms with van der Waals surface area (Å²) < 4.78 is 14.8. The van der Waals surface area contributed by atoms with Gasteiger partial charge in [0.05, 0.1) is 0 Å². The van der Waals surface area contributed by atoms with Gasteiger partial charge in [0, 0.05) is 25.6 Å². The predicted octanol–water partition coefficient (Wildman–Crippen LogP) is 2.63. The van der Waals surface area contributed by atoms with E-state index in [0.717, 1.165) is 13.0 Å². The first-order valence-corrected chi connectivity index (χ1v) is 8.91. The number of benzene rings is 1. The third-order valence-corrected chi connectivity index (χ3v) is 3.78. The zero-order valence-corrected chi connectivity index (χ0v) is 15.8. The maximum absolute atomic E-state index is 13.3. The molecule has 0 aliphatic heterocycles. The van der Waals surface area contributed by atoms with Crippen LogP contribution in [0, 0.1) is 11.7 Å². The zero-order valence-electron chi connectivity index (χ0n) is 15.8. The van der Waals surface area contributed by atoms with Crippen molar-refractivity contribution in [3.05, 3.63) is 41.6 Å². The van der Waals surface area contributed by atoms with Gasteiger partial charge in [-0.2, -0.15) is 4.73 Å². The fourth-order valence-electron chi connectivity index (χ4n) is 2.56. The summed E-state index contributed by atoms with van der Waals surface area (Å²) in [5.41, 5.74) is 1.46. The maximum Gasteiger partial charge on any atom is 0.273 e. The SMILES string of the molecule is CCCc1nc(-c2ccc(F)cc2)c(C(=O)NC)n1OCNCC(C)C. The van der Waals surface area contributed by atoms with Crippen LogP contribution >= 0.6 is 0 Å². The summed E-state index contributed by atoms with van der Waals surface area (Å²) in [6.07, 6.45) is 1.52. The Labute approximate surface area is 153 Å². The minimum Gasteiger partial charge on any atom is -0.396 e. The molecule has 7 heteroatoms. The molecule has 2 N–H and O–H groups in total. The third-order valence-electron chi connectivity index (χ3n) is 3.78. The van der Waals surface area contributed by atoms with Crippen molar-refractivity contribution in [3.63, 3.8) is 0 Å². The quantitative estimate of drug-likeness (QED) is 0.532. The van der Waals surface area contributed by atoms with Crippen LogP contribution in [-0.2, 0) is 6.42 Å². The molecule has 0 saturated heterocycles. The van der Waals surface area contributed by atoms with Crippen LogP contribution < -0.4 is 15.5 Å². The van der Waals surface area contributed by atoms with Gasteiger partial charge >= 0.3 is 0 Å². The molecule has 0 fully saturated rings. The monoisotopic (exact) mass is 362 g/mol. The Morgan fingerprint density at radius 1 is 1.31 bits per heavy atom. The molecule has 0 saturated carbocycles. The first-order chi connectivity index (χ1) is 12.5. The summed E-state index contributed by atoms with van der Waals surface area (Å²) in [7, 11) is 1.56. The van der Waals surface area contributed by atoms with Gasteiger partial charge in [0.15, 0.2) is 12.4 Å². The molecule has 0 radical (unpaired) electrons. The highest BCUT2D eigenvalue weighted by atomic mass is 19.1. The van der Waals surface area contributed by atoms with E-state index in [1.54, 1.807) is 19.2 Å². The summed E-state index contributed by atoms with van der Waals surface area (Å²) >= 11 is 0. The van der Waals surface area contributed by atoms with Crippen molar-refractivity contribution in [2.24, 2.45) is 5.92 Å². The number of nitrogens with zero attached hydrogens (tertiary/aromatic N) is 2. The lowest BCUT2D eigenvalue weighted by Crippen LogP contribution is -2.33. The first-order valence-electron chi connectivity index (χ1n) is 8.91. The molecule has 1 aromatic heterocycles. The van der Waals surface area contributed by atoms with E-state index in [4.69, 9.17) is 4.84 Å². The molecule has 1 aromatic carbocycles. The molecule has 142 valence electrons. The van der Waals surface area contributed by atoms with Crippen LogP contribution in [0.3, 0.4) is 0 Å². The van der Waals surface area contributed by atoms with Gasteiger partial charge in [0.1, 0.15) is 17.3 Å². The molecule has 0 aliphatic rings. The number of aromatic nitrogens is 2. The second-order valence-electron chi connectivity index (χ2n) is 6.48. The molecule has 0 bridgehead atoms. The third kappa shape index (κ3) is 4.82. The molecule has 0 spiro atoms. The topological polar surface area (TPSA) is 68.2 Å². The summed E-state index contributed by atoms with van der Waals surface area (Å²) in [5, 5.41) is 5.82. The van der Waals surface area contributed by atoms with Crippen LogP contribution in [0.25, 0.3) is 11.3 Å². The van der Waals surface area contributed by atoms with Gasteiger partial charge < -0.3 is 10.2 Å².